The molecule has 0 aromatic carbocycles. The molecule has 0 unspecified atom stereocenters. The number of carbonyl (C=O) groups is 1. The number of hydrogen-bond acceptors (Lipinski definition) is 3. The van der Waals surface area contributed by atoms with Gasteiger partial charge < -0.3 is 9.84 Å². The summed E-state index contributed by atoms with van der Waals surface area (Å²) >= 11 is 0. The fourth-order valence-corrected chi connectivity index (χ4v) is 2.73. The van der Waals surface area contributed by atoms with Crippen molar-refractivity contribution < 1.29 is 14.6 Å². The molecule has 3 heteroatoms. The zero-order chi connectivity index (χ0) is 17.9. The van der Waals surface area contributed by atoms with Gasteiger partial charge in [-0.25, -0.2) is 4.79 Å². The highest BCUT2D eigenvalue weighted by Crippen LogP contribution is 2.13. The van der Waals surface area contributed by atoms with Gasteiger partial charge in [-0.3, -0.25) is 0 Å². The quantitative estimate of drug-likeness (QED) is 0.202. The van der Waals surface area contributed by atoms with Gasteiger partial charge in [0.2, 0.25) is 0 Å². The number of aliphatic hydroxyl groups excluding tert-OH is 1. The van der Waals surface area contributed by atoms with E-state index in [-0.39, 0.29) is 5.97 Å². The lowest BCUT2D eigenvalue weighted by molar-refractivity contribution is -0.139. The number of unbranched alkanes of at least 4 members (excludes halogenated alkanes) is 13. The molecule has 0 amide bonds. The van der Waals surface area contributed by atoms with Crippen molar-refractivity contribution in [2.45, 2.75) is 104 Å². The van der Waals surface area contributed by atoms with Crippen molar-refractivity contribution in [3.05, 3.63) is 11.6 Å². The van der Waals surface area contributed by atoms with Gasteiger partial charge in [0.1, 0.15) is 0 Å². The monoisotopic (exact) mass is 340 g/mol. The number of aliphatic hydroxyl groups is 1. The maximum absolute atomic E-state index is 11.4. The van der Waals surface area contributed by atoms with Crippen LogP contribution in [0.1, 0.15) is 104 Å². The topological polar surface area (TPSA) is 46.5 Å². The third-order valence-corrected chi connectivity index (χ3v) is 4.54. The smallest absolute Gasteiger partial charge is 0.333 e. The average Bonchev–Trinajstić information content (AvgIpc) is 2.60. The van der Waals surface area contributed by atoms with Gasteiger partial charge in [0.15, 0.2) is 0 Å². The molecule has 0 saturated heterocycles. The minimum Gasteiger partial charge on any atom is -0.462 e. The molecule has 0 heterocycles. The van der Waals surface area contributed by atoms with Gasteiger partial charge in [-0.2, -0.15) is 0 Å². The lowest BCUT2D eigenvalue weighted by Crippen LogP contribution is -2.06. The molecule has 1 N–H and O–H groups in total. The van der Waals surface area contributed by atoms with Crippen LogP contribution in [0, 0.1) is 0 Å². The fourth-order valence-electron chi connectivity index (χ4n) is 2.73. The van der Waals surface area contributed by atoms with Gasteiger partial charge in [-0.05, 0) is 26.7 Å². The molecule has 0 atom stereocenters. The van der Waals surface area contributed by atoms with Gasteiger partial charge in [0, 0.05) is 12.2 Å². The molecule has 0 bridgehead atoms. The van der Waals surface area contributed by atoms with Crippen molar-refractivity contribution in [1.29, 1.82) is 0 Å². The van der Waals surface area contributed by atoms with Crippen molar-refractivity contribution in [3.63, 3.8) is 0 Å². The molecule has 24 heavy (non-hydrogen) atoms. The van der Waals surface area contributed by atoms with Crippen LogP contribution in [-0.4, -0.2) is 24.3 Å². The Morgan fingerprint density at radius 3 is 1.50 bits per heavy atom. The van der Waals surface area contributed by atoms with Crippen LogP contribution in [-0.2, 0) is 9.53 Å². The Kier molecular flexibility index (Phi) is 17.9. The second-order valence-electron chi connectivity index (χ2n) is 6.78. The summed E-state index contributed by atoms with van der Waals surface area (Å²) in [6.45, 7) is 4.55. The third-order valence-electron chi connectivity index (χ3n) is 4.54. The minimum atomic E-state index is -0.175. The molecule has 0 aromatic heterocycles. The Hall–Kier alpha value is -0.830. The van der Waals surface area contributed by atoms with Crippen molar-refractivity contribution in [1.82, 2.24) is 0 Å². The van der Waals surface area contributed by atoms with E-state index < -0.39 is 0 Å². The summed E-state index contributed by atoms with van der Waals surface area (Å²) < 4.78 is 5.19. The van der Waals surface area contributed by atoms with Crippen LogP contribution in [0.5, 0.6) is 0 Å². The van der Waals surface area contributed by atoms with E-state index in [1.54, 1.807) is 13.0 Å². The van der Waals surface area contributed by atoms with Gasteiger partial charge in [-0.15, -0.1) is 0 Å². The van der Waals surface area contributed by atoms with Gasteiger partial charge in [0.05, 0.1) is 6.61 Å². The number of hydrogen-bond donors (Lipinski definition) is 1. The Bertz CT molecular complexity index is 310. The predicted octanol–water partition coefficient (Wildman–Crippen LogP) is 5.95. The van der Waals surface area contributed by atoms with E-state index in [1.807, 2.05) is 6.92 Å². The normalized spacial score (nSPS) is 11.7. The summed E-state index contributed by atoms with van der Waals surface area (Å²) in [5.74, 6) is -0.175. The third kappa shape index (κ3) is 16.0. The van der Waals surface area contributed by atoms with Crippen LogP contribution in [0.3, 0.4) is 0 Å². The maximum Gasteiger partial charge on any atom is 0.333 e. The van der Waals surface area contributed by atoms with Crippen LogP contribution >= 0.6 is 0 Å². The number of carbonyl (C=O) groups excluding carboxylic acids is 1. The highest BCUT2D eigenvalue weighted by molar-refractivity contribution is 5.87. The lowest BCUT2D eigenvalue weighted by Gasteiger charge is -2.05. The molecule has 0 aliphatic carbocycles. The fraction of sp³-hybridized carbons (Fsp3) is 0.857. The van der Waals surface area contributed by atoms with E-state index in [0.717, 1.165) is 19.3 Å². The van der Waals surface area contributed by atoms with E-state index in [1.165, 1.54) is 70.6 Å². The van der Waals surface area contributed by atoms with Crippen molar-refractivity contribution >= 4 is 5.97 Å². The summed E-state index contributed by atoms with van der Waals surface area (Å²) in [6, 6.07) is 0. The first-order chi connectivity index (χ1) is 11.7. The standard InChI is InChI=1S/C21H40O3/c1-3-20(2)21(23)24-19-17-15-13-11-9-7-5-4-6-8-10-12-14-16-18-22/h3,22H,4-19H2,1-2H3. The second-order valence-corrected chi connectivity index (χ2v) is 6.78. The van der Waals surface area contributed by atoms with Crippen LogP contribution in [0.25, 0.3) is 0 Å². The zero-order valence-corrected chi connectivity index (χ0v) is 16.2. The van der Waals surface area contributed by atoms with Crippen molar-refractivity contribution in [2.24, 2.45) is 0 Å². The van der Waals surface area contributed by atoms with Crippen LogP contribution < -0.4 is 0 Å². The summed E-state index contributed by atoms with van der Waals surface area (Å²) in [4.78, 5) is 11.4. The highest BCUT2D eigenvalue weighted by atomic mass is 16.5. The summed E-state index contributed by atoms with van der Waals surface area (Å²) in [7, 11) is 0. The summed E-state index contributed by atoms with van der Waals surface area (Å²) in [6.07, 6.45) is 19.4. The number of esters is 1. The molecule has 3 nitrogen and oxygen atoms in total. The van der Waals surface area contributed by atoms with E-state index in [9.17, 15) is 4.79 Å². The molecule has 0 aliphatic heterocycles. The SMILES string of the molecule is CC=C(C)C(=O)OCCCCCCCCCCCCCCCCO. The number of ether oxygens (including phenoxy) is 1. The second kappa shape index (κ2) is 18.5. The lowest BCUT2D eigenvalue weighted by atomic mass is 10.0. The average molecular weight is 341 g/mol. The highest BCUT2D eigenvalue weighted by Gasteiger charge is 2.03. The molecule has 0 spiro atoms. The van der Waals surface area contributed by atoms with Crippen molar-refractivity contribution in [2.75, 3.05) is 13.2 Å². The molecule has 0 saturated carbocycles. The van der Waals surface area contributed by atoms with Crippen LogP contribution in [0.15, 0.2) is 11.6 Å². The molecule has 0 aromatic rings. The first kappa shape index (κ1) is 23.2. The van der Waals surface area contributed by atoms with Gasteiger partial charge in [-0.1, -0.05) is 83.1 Å². The van der Waals surface area contributed by atoms with E-state index in [0.29, 0.717) is 18.8 Å². The van der Waals surface area contributed by atoms with Crippen LogP contribution in [0.2, 0.25) is 0 Å². The summed E-state index contributed by atoms with van der Waals surface area (Å²) in [5, 5.41) is 8.70. The van der Waals surface area contributed by atoms with Crippen molar-refractivity contribution in [3.8, 4) is 0 Å². The number of rotatable bonds is 17. The zero-order valence-electron chi connectivity index (χ0n) is 16.2. The van der Waals surface area contributed by atoms with Gasteiger partial charge in [0.25, 0.3) is 0 Å². The Morgan fingerprint density at radius 2 is 1.12 bits per heavy atom. The first-order valence-electron chi connectivity index (χ1n) is 10.1. The molecule has 0 radical (unpaired) electrons. The van der Waals surface area contributed by atoms with E-state index in [2.05, 4.69) is 0 Å². The molecule has 0 aliphatic rings. The maximum atomic E-state index is 11.4. The van der Waals surface area contributed by atoms with Gasteiger partial charge >= 0.3 is 5.97 Å². The van der Waals surface area contributed by atoms with E-state index in [4.69, 9.17) is 9.84 Å². The van der Waals surface area contributed by atoms with E-state index >= 15 is 0 Å². The Labute approximate surface area is 149 Å². The largest absolute Gasteiger partial charge is 0.462 e. The number of allylic oxidation sites excluding steroid dienone is 1. The molecule has 0 rings (SSSR count). The predicted molar refractivity (Wildman–Crippen MR) is 102 cm³/mol. The van der Waals surface area contributed by atoms with Crippen LogP contribution in [0.4, 0.5) is 0 Å². The Morgan fingerprint density at radius 1 is 0.750 bits per heavy atom. The Balaban J connectivity index is 3.11. The molecular formula is C21H40O3. The molecular weight excluding hydrogens is 300 g/mol. The summed E-state index contributed by atoms with van der Waals surface area (Å²) in [5.41, 5.74) is 0.695. The minimum absolute atomic E-state index is 0.175. The molecule has 142 valence electrons. The first-order valence-corrected chi connectivity index (χ1v) is 10.1. The molecule has 0 fully saturated rings.